The highest BCUT2D eigenvalue weighted by atomic mass is 127. The fourth-order valence-electron chi connectivity index (χ4n) is 2.27. The van der Waals surface area contributed by atoms with E-state index in [1.165, 1.54) is 0 Å². The van der Waals surface area contributed by atoms with Crippen LogP contribution in [0.5, 0.6) is 0 Å². The summed E-state index contributed by atoms with van der Waals surface area (Å²) in [5.41, 5.74) is 0.604. The van der Waals surface area contributed by atoms with Crippen molar-refractivity contribution in [3.05, 3.63) is 56.8 Å². The molecule has 1 N–H and O–H groups in total. The zero-order valence-corrected chi connectivity index (χ0v) is 30.6. The normalized spacial score (nSPS) is 10.7. The van der Waals surface area contributed by atoms with Gasteiger partial charge in [-0.1, -0.05) is 0 Å². The second-order valence-corrected chi connectivity index (χ2v) is 13.5. The average molecular weight is 1170 g/mol. The van der Waals surface area contributed by atoms with Crippen molar-refractivity contribution in [3.8, 4) is 0 Å². The van der Waals surface area contributed by atoms with Crippen molar-refractivity contribution in [2.75, 3.05) is 26.4 Å². The molecule has 0 saturated heterocycles. The number of esters is 4. The molecule has 0 atom stereocenters. The number of carbonyl (C=O) groups excluding carboxylic acids is 4. The van der Waals surface area contributed by atoms with E-state index >= 15 is 0 Å². The quantitative estimate of drug-likeness (QED) is 0.155. The first kappa shape index (κ1) is 32.9. The molecule has 0 aliphatic heterocycles. The number of carbonyl (C=O) groups is 4. The molecule has 0 aliphatic carbocycles. The molecule has 0 aromatic heterocycles. The van der Waals surface area contributed by atoms with Gasteiger partial charge in [0.05, 0.1) is 11.1 Å². The highest BCUT2D eigenvalue weighted by Gasteiger charge is 2.18. The van der Waals surface area contributed by atoms with Gasteiger partial charge < -0.3 is 24.1 Å². The molecular formula is C21H14I6O9. The third-order valence-electron chi connectivity index (χ3n) is 3.95. The van der Waals surface area contributed by atoms with E-state index in [2.05, 4.69) is 136 Å². The molecule has 15 heteroatoms. The Morgan fingerprint density at radius 2 is 0.917 bits per heavy atom. The van der Waals surface area contributed by atoms with Gasteiger partial charge in [-0.15, -0.1) is 0 Å². The van der Waals surface area contributed by atoms with Crippen LogP contribution >= 0.6 is 136 Å². The van der Waals surface area contributed by atoms with Gasteiger partial charge in [-0.3, -0.25) is 0 Å². The molecule has 0 amide bonds. The van der Waals surface area contributed by atoms with Gasteiger partial charge in [0.2, 0.25) is 0 Å². The van der Waals surface area contributed by atoms with Crippen molar-refractivity contribution in [3.63, 3.8) is 0 Å². The average Bonchev–Trinajstić information content (AvgIpc) is 2.84. The summed E-state index contributed by atoms with van der Waals surface area (Å²) in [6.07, 6.45) is -1.32. The Morgan fingerprint density at radius 1 is 0.611 bits per heavy atom. The van der Waals surface area contributed by atoms with Crippen molar-refractivity contribution in [1.82, 2.24) is 0 Å². The number of benzene rings is 2. The van der Waals surface area contributed by atoms with E-state index in [9.17, 15) is 24.3 Å². The van der Waals surface area contributed by atoms with E-state index in [0.29, 0.717) is 11.1 Å². The largest absolute Gasteiger partial charge is 0.460 e. The first-order valence-corrected chi connectivity index (χ1v) is 16.0. The summed E-state index contributed by atoms with van der Waals surface area (Å²) in [6.45, 7) is -2.25. The predicted molar refractivity (Wildman–Crippen MR) is 178 cm³/mol. The van der Waals surface area contributed by atoms with Crippen LogP contribution in [0.2, 0.25) is 0 Å². The summed E-state index contributed by atoms with van der Waals surface area (Å²) in [4.78, 5) is 47.9. The van der Waals surface area contributed by atoms with E-state index in [-0.39, 0.29) is 0 Å². The Bertz CT molecular complexity index is 1040. The van der Waals surface area contributed by atoms with Crippen molar-refractivity contribution < 1.29 is 43.2 Å². The highest BCUT2D eigenvalue weighted by Crippen LogP contribution is 2.24. The molecule has 0 spiro atoms. The second-order valence-electron chi connectivity index (χ2n) is 6.68. The highest BCUT2D eigenvalue weighted by molar-refractivity contribution is 14.1. The van der Waals surface area contributed by atoms with E-state index < -0.39 is 56.4 Å². The smallest absolute Gasteiger partial charge is 0.344 e. The zero-order valence-electron chi connectivity index (χ0n) is 17.7. The fourth-order valence-corrected chi connectivity index (χ4v) is 6.43. The van der Waals surface area contributed by atoms with Crippen LogP contribution in [-0.4, -0.2) is 61.5 Å². The molecular weight excluding hydrogens is 1160 g/mol. The van der Waals surface area contributed by atoms with Crippen LogP contribution in [0.15, 0.2) is 24.3 Å². The summed E-state index contributed by atoms with van der Waals surface area (Å²) in [5.74, 6) is -3.12. The molecule has 0 fully saturated rings. The minimum Gasteiger partial charge on any atom is -0.460 e. The maximum Gasteiger partial charge on any atom is 0.344 e. The molecule has 36 heavy (non-hydrogen) atoms. The Morgan fingerprint density at radius 3 is 1.22 bits per heavy atom. The molecule has 2 rings (SSSR count). The Kier molecular flexibility index (Phi) is 14.7. The standard InChI is InChI=1S/C21H14I6O9/c22-12-1-9(2-13(23)18(12)26)20(31)35-7-16(29)33-5-11(28)6-34-17(30)8-36-21(32)10-3-14(24)19(27)15(25)4-10/h1-4,11,28H,5-8H2. The first-order valence-electron chi connectivity index (χ1n) is 9.51. The van der Waals surface area contributed by atoms with Gasteiger partial charge in [-0.05, 0) is 160 Å². The van der Waals surface area contributed by atoms with Gasteiger partial charge in [0.15, 0.2) is 13.2 Å². The fraction of sp³-hybridized carbons (Fsp3) is 0.238. The monoisotopic (exact) mass is 1170 g/mol. The number of halogens is 6. The molecule has 2 aromatic carbocycles. The van der Waals surface area contributed by atoms with Crippen LogP contribution in [-0.2, 0) is 28.5 Å². The Labute approximate surface area is 287 Å². The number of rotatable bonds is 10. The molecule has 0 heterocycles. The predicted octanol–water partition coefficient (Wildman–Crippen LogP) is 4.78. The van der Waals surface area contributed by atoms with E-state index in [0.717, 1.165) is 21.4 Å². The van der Waals surface area contributed by atoms with Gasteiger partial charge in [-0.2, -0.15) is 0 Å². The third-order valence-corrected chi connectivity index (χ3v) is 13.8. The lowest BCUT2D eigenvalue weighted by molar-refractivity contribution is -0.156. The van der Waals surface area contributed by atoms with Gasteiger partial charge >= 0.3 is 23.9 Å². The number of aliphatic hydroxyl groups excluding tert-OH is 1. The summed E-state index contributed by atoms with van der Waals surface area (Å²) in [6, 6.07) is 6.59. The minimum atomic E-state index is -1.32. The topological polar surface area (TPSA) is 125 Å². The van der Waals surface area contributed by atoms with Crippen LogP contribution in [0.4, 0.5) is 0 Å². The SMILES string of the molecule is O=C(COC(=O)c1cc(I)c(I)c(I)c1)OCC(O)COC(=O)COC(=O)c1cc(I)c(I)c(I)c1. The van der Waals surface area contributed by atoms with Crippen LogP contribution in [0.25, 0.3) is 0 Å². The van der Waals surface area contributed by atoms with Gasteiger partial charge in [0, 0.05) is 21.4 Å². The van der Waals surface area contributed by atoms with Crippen LogP contribution in [0.3, 0.4) is 0 Å². The summed E-state index contributed by atoms with van der Waals surface area (Å²) in [7, 11) is 0. The van der Waals surface area contributed by atoms with Crippen LogP contribution in [0.1, 0.15) is 20.7 Å². The number of ether oxygens (including phenoxy) is 4. The van der Waals surface area contributed by atoms with Crippen molar-refractivity contribution in [2.45, 2.75) is 6.10 Å². The minimum absolute atomic E-state index is 0.302. The second kappa shape index (κ2) is 16.1. The molecule has 0 unspecified atom stereocenters. The lowest BCUT2D eigenvalue weighted by Gasteiger charge is -2.12. The lowest BCUT2D eigenvalue weighted by atomic mass is 10.2. The molecule has 194 valence electrons. The summed E-state index contributed by atoms with van der Waals surface area (Å²) in [5, 5.41) is 9.86. The Hall–Kier alpha value is 0.660. The summed E-state index contributed by atoms with van der Waals surface area (Å²) >= 11 is 12.7. The maximum absolute atomic E-state index is 12.1. The van der Waals surface area contributed by atoms with E-state index in [4.69, 9.17) is 18.9 Å². The molecule has 0 saturated carbocycles. The molecule has 0 aliphatic rings. The number of aliphatic hydroxyl groups is 1. The number of hydrogen-bond donors (Lipinski definition) is 1. The van der Waals surface area contributed by atoms with E-state index in [1.54, 1.807) is 24.3 Å². The van der Waals surface area contributed by atoms with Crippen LogP contribution < -0.4 is 0 Å². The molecule has 0 bridgehead atoms. The Balaban J connectivity index is 1.68. The van der Waals surface area contributed by atoms with Crippen molar-refractivity contribution >= 4 is 159 Å². The first-order chi connectivity index (χ1) is 16.9. The van der Waals surface area contributed by atoms with Crippen LogP contribution in [0, 0.1) is 21.4 Å². The van der Waals surface area contributed by atoms with Crippen molar-refractivity contribution in [2.24, 2.45) is 0 Å². The molecule has 9 nitrogen and oxygen atoms in total. The third kappa shape index (κ3) is 10.7. The van der Waals surface area contributed by atoms with Gasteiger partial charge in [0.25, 0.3) is 0 Å². The molecule has 0 radical (unpaired) electrons. The number of hydrogen-bond acceptors (Lipinski definition) is 9. The van der Waals surface area contributed by atoms with E-state index in [1.807, 2.05) is 0 Å². The lowest BCUT2D eigenvalue weighted by Crippen LogP contribution is -2.28. The maximum atomic E-state index is 12.1. The van der Waals surface area contributed by atoms with Gasteiger partial charge in [-0.25, -0.2) is 19.2 Å². The zero-order chi connectivity index (χ0) is 27.0. The summed E-state index contributed by atoms with van der Waals surface area (Å²) < 4.78 is 25.1. The van der Waals surface area contributed by atoms with Gasteiger partial charge in [0.1, 0.15) is 19.3 Å². The molecule has 2 aromatic rings. The van der Waals surface area contributed by atoms with Crippen molar-refractivity contribution in [1.29, 1.82) is 0 Å².